The molecule has 0 unspecified atom stereocenters. The molecule has 1 aliphatic heterocycles. The van der Waals surface area contributed by atoms with Gasteiger partial charge in [-0.15, -0.1) is 0 Å². The summed E-state index contributed by atoms with van der Waals surface area (Å²) >= 11 is 1.86. The summed E-state index contributed by atoms with van der Waals surface area (Å²) in [7, 11) is 0. The molecule has 1 N–H and O–H groups in total. The molecule has 0 bridgehead atoms. The van der Waals surface area contributed by atoms with Gasteiger partial charge in [-0.3, -0.25) is 0 Å². The summed E-state index contributed by atoms with van der Waals surface area (Å²) in [6, 6.07) is 0.283. The van der Waals surface area contributed by atoms with E-state index in [1.165, 1.54) is 19.3 Å². The first kappa shape index (κ1) is 11.9. The Balaban J connectivity index is 1.85. The van der Waals surface area contributed by atoms with Gasteiger partial charge in [0.05, 0.1) is 11.8 Å². The Labute approximate surface area is 101 Å². The molecule has 1 atom stereocenters. The molecular weight excluding hydrogens is 222 g/mol. The molecule has 2 rings (SSSR count). The molecule has 1 aromatic rings. The van der Waals surface area contributed by atoms with Crippen molar-refractivity contribution in [3.63, 3.8) is 0 Å². The fourth-order valence-electron chi connectivity index (χ4n) is 1.84. The molecule has 90 valence electrons. The zero-order chi connectivity index (χ0) is 11.2. The Morgan fingerprint density at radius 3 is 3.19 bits per heavy atom. The predicted molar refractivity (Wildman–Crippen MR) is 65.3 cm³/mol. The molecule has 1 fully saturated rings. The first-order valence-corrected chi connectivity index (χ1v) is 7.19. The molecule has 0 amide bonds. The van der Waals surface area contributed by atoms with E-state index in [2.05, 4.69) is 22.4 Å². The minimum absolute atomic E-state index is 0.283. The molecule has 16 heavy (non-hydrogen) atoms. The van der Waals surface area contributed by atoms with Crippen molar-refractivity contribution in [3.8, 4) is 0 Å². The third kappa shape index (κ3) is 3.22. The van der Waals surface area contributed by atoms with Crippen molar-refractivity contribution >= 4 is 11.8 Å². The molecular formula is C11H19N3OS. The van der Waals surface area contributed by atoms with E-state index in [1.807, 2.05) is 11.8 Å². The maximum Gasteiger partial charge on any atom is 0.243 e. The van der Waals surface area contributed by atoms with Gasteiger partial charge in [0.25, 0.3) is 0 Å². The van der Waals surface area contributed by atoms with Crippen molar-refractivity contribution in [1.29, 1.82) is 0 Å². The highest BCUT2D eigenvalue weighted by molar-refractivity contribution is 7.98. The van der Waals surface area contributed by atoms with Crippen molar-refractivity contribution in [3.05, 3.63) is 11.7 Å². The number of nitrogens with one attached hydrogen (secondary N) is 1. The molecule has 2 heterocycles. The lowest BCUT2D eigenvalue weighted by molar-refractivity contribution is 0.296. The van der Waals surface area contributed by atoms with Crippen LogP contribution in [0, 0.1) is 0 Å². The second kappa shape index (κ2) is 6.25. The zero-order valence-electron chi connectivity index (χ0n) is 9.74. The van der Waals surface area contributed by atoms with Crippen LogP contribution in [-0.4, -0.2) is 22.4 Å². The van der Waals surface area contributed by atoms with Crippen molar-refractivity contribution in [2.24, 2.45) is 0 Å². The fraction of sp³-hybridized carbons (Fsp3) is 0.818. The van der Waals surface area contributed by atoms with Crippen LogP contribution in [0.1, 0.15) is 50.4 Å². The molecule has 0 radical (unpaired) electrons. The van der Waals surface area contributed by atoms with E-state index in [4.69, 9.17) is 4.52 Å². The molecule has 1 aliphatic rings. The van der Waals surface area contributed by atoms with Crippen LogP contribution in [0.4, 0.5) is 0 Å². The number of nitrogens with zero attached hydrogens (tertiary/aromatic N) is 2. The van der Waals surface area contributed by atoms with E-state index < -0.39 is 0 Å². The van der Waals surface area contributed by atoms with Crippen molar-refractivity contribution in [2.75, 3.05) is 12.3 Å². The van der Waals surface area contributed by atoms with Gasteiger partial charge in [-0.2, -0.15) is 16.7 Å². The minimum atomic E-state index is 0.283. The van der Waals surface area contributed by atoms with E-state index in [0.29, 0.717) is 0 Å². The van der Waals surface area contributed by atoms with Crippen molar-refractivity contribution in [2.45, 2.75) is 44.4 Å². The molecule has 0 spiro atoms. The van der Waals surface area contributed by atoms with Gasteiger partial charge in [0.2, 0.25) is 5.89 Å². The van der Waals surface area contributed by atoms with Crippen LogP contribution in [0.2, 0.25) is 0 Å². The Hall–Kier alpha value is -0.550. The zero-order valence-corrected chi connectivity index (χ0v) is 10.6. The Kier molecular flexibility index (Phi) is 4.66. The molecule has 0 saturated carbocycles. The van der Waals surface area contributed by atoms with E-state index >= 15 is 0 Å². The number of hydrogen-bond donors (Lipinski definition) is 1. The highest BCUT2D eigenvalue weighted by Crippen LogP contribution is 2.22. The van der Waals surface area contributed by atoms with Crippen LogP contribution >= 0.6 is 11.8 Å². The summed E-state index contributed by atoms with van der Waals surface area (Å²) in [6.45, 7) is 3.24. The van der Waals surface area contributed by atoms with Gasteiger partial charge in [-0.1, -0.05) is 18.5 Å². The quantitative estimate of drug-likeness (QED) is 0.803. The van der Waals surface area contributed by atoms with Gasteiger partial charge in [0.1, 0.15) is 0 Å². The maximum absolute atomic E-state index is 5.30. The molecule has 4 nitrogen and oxygen atoms in total. The standard InChI is InChI=1S/C11H19N3OS/c1-2-7-16-8-10-13-11(15-14-10)9-5-3-4-6-12-9/h9,12H,2-8H2,1H3/t9-/m0/s1. The Morgan fingerprint density at radius 1 is 1.50 bits per heavy atom. The Bertz CT molecular complexity index is 310. The van der Waals surface area contributed by atoms with Gasteiger partial charge in [0, 0.05) is 0 Å². The van der Waals surface area contributed by atoms with Crippen LogP contribution < -0.4 is 5.32 Å². The van der Waals surface area contributed by atoms with E-state index in [9.17, 15) is 0 Å². The molecule has 1 aromatic heterocycles. The van der Waals surface area contributed by atoms with Crippen LogP contribution in [0.25, 0.3) is 0 Å². The van der Waals surface area contributed by atoms with Crippen LogP contribution in [-0.2, 0) is 5.75 Å². The third-order valence-electron chi connectivity index (χ3n) is 2.67. The number of piperidine rings is 1. The SMILES string of the molecule is CCCSCc1noc([C@@H]2CCCCN2)n1. The second-order valence-electron chi connectivity index (χ2n) is 4.10. The highest BCUT2D eigenvalue weighted by atomic mass is 32.2. The van der Waals surface area contributed by atoms with E-state index in [0.717, 1.165) is 36.2 Å². The summed E-state index contributed by atoms with van der Waals surface area (Å²) in [6.07, 6.45) is 4.81. The monoisotopic (exact) mass is 241 g/mol. The molecule has 5 heteroatoms. The first-order chi connectivity index (χ1) is 7.90. The number of hydrogen-bond acceptors (Lipinski definition) is 5. The number of rotatable bonds is 5. The van der Waals surface area contributed by atoms with Crippen LogP contribution in [0.15, 0.2) is 4.52 Å². The van der Waals surface area contributed by atoms with Crippen molar-refractivity contribution < 1.29 is 4.52 Å². The lowest BCUT2D eigenvalue weighted by Crippen LogP contribution is -2.26. The van der Waals surface area contributed by atoms with Crippen molar-refractivity contribution in [1.82, 2.24) is 15.5 Å². The van der Waals surface area contributed by atoms with Gasteiger partial charge in [0.15, 0.2) is 5.82 Å². The third-order valence-corrected chi connectivity index (χ3v) is 3.83. The highest BCUT2D eigenvalue weighted by Gasteiger charge is 2.20. The molecule has 0 aromatic carbocycles. The Morgan fingerprint density at radius 2 is 2.44 bits per heavy atom. The number of thioether (sulfide) groups is 1. The van der Waals surface area contributed by atoms with E-state index in [1.54, 1.807) is 0 Å². The van der Waals surface area contributed by atoms with Gasteiger partial charge in [-0.25, -0.2) is 0 Å². The van der Waals surface area contributed by atoms with Crippen LogP contribution in [0.5, 0.6) is 0 Å². The van der Waals surface area contributed by atoms with Crippen LogP contribution in [0.3, 0.4) is 0 Å². The smallest absolute Gasteiger partial charge is 0.243 e. The molecule has 1 saturated heterocycles. The minimum Gasteiger partial charge on any atom is -0.338 e. The van der Waals surface area contributed by atoms with Gasteiger partial charge in [-0.05, 0) is 31.6 Å². The fourth-order valence-corrected chi connectivity index (χ4v) is 2.57. The summed E-state index contributed by atoms with van der Waals surface area (Å²) < 4.78 is 5.30. The average Bonchev–Trinajstić information content (AvgIpc) is 2.79. The summed E-state index contributed by atoms with van der Waals surface area (Å²) in [5.41, 5.74) is 0. The summed E-state index contributed by atoms with van der Waals surface area (Å²) in [5.74, 6) is 3.63. The van der Waals surface area contributed by atoms with Gasteiger partial charge < -0.3 is 9.84 Å². The first-order valence-electron chi connectivity index (χ1n) is 6.03. The predicted octanol–water partition coefficient (Wildman–Crippen LogP) is 2.53. The maximum atomic E-state index is 5.30. The largest absolute Gasteiger partial charge is 0.338 e. The summed E-state index contributed by atoms with van der Waals surface area (Å²) in [4.78, 5) is 4.44. The topological polar surface area (TPSA) is 51.0 Å². The lowest BCUT2D eigenvalue weighted by atomic mass is 10.1. The van der Waals surface area contributed by atoms with Gasteiger partial charge >= 0.3 is 0 Å². The lowest BCUT2D eigenvalue weighted by Gasteiger charge is -2.19. The second-order valence-corrected chi connectivity index (χ2v) is 5.21. The normalized spacial score (nSPS) is 21.2. The average molecular weight is 241 g/mol. The molecule has 0 aliphatic carbocycles. The summed E-state index contributed by atoms with van der Waals surface area (Å²) in [5, 5.41) is 7.43. The number of aromatic nitrogens is 2. The van der Waals surface area contributed by atoms with E-state index in [-0.39, 0.29) is 6.04 Å².